The van der Waals surface area contributed by atoms with Gasteiger partial charge in [0.1, 0.15) is 5.75 Å². The van der Waals surface area contributed by atoms with Crippen molar-refractivity contribution < 1.29 is 9.47 Å². The van der Waals surface area contributed by atoms with E-state index >= 15 is 0 Å². The summed E-state index contributed by atoms with van der Waals surface area (Å²) in [5, 5.41) is 13.6. The molecule has 0 saturated heterocycles. The molecule has 36 heavy (non-hydrogen) atoms. The number of aryl methyl sites for hydroxylation is 1. The Bertz CT molecular complexity index is 1350. The quantitative estimate of drug-likeness (QED) is 0.341. The number of H-pyrrole nitrogens is 1. The smallest absolute Gasteiger partial charge is 0.252 e. The van der Waals surface area contributed by atoms with Crippen molar-refractivity contribution in [1.29, 1.82) is 0 Å². The van der Waals surface area contributed by atoms with E-state index in [2.05, 4.69) is 45.3 Å². The van der Waals surface area contributed by atoms with Crippen LogP contribution in [-0.2, 0) is 24.4 Å². The highest BCUT2D eigenvalue weighted by Gasteiger charge is 2.30. The van der Waals surface area contributed by atoms with Crippen LogP contribution in [-0.4, -0.2) is 50.9 Å². The molecule has 9 nitrogen and oxygen atoms in total. The summed E-state index contributed by atoms with van der Waals surface area (Å²) in [6, 6.07) is 15.9. The van der Waals surface area contributed by atoms with Gasteiger partial charge in [0.15, 0.2) is 5.82 Å². The standard InChI is InChI=1S/C27H34N6O3/c1-18(2)25(26-29-30-31-33(26)12-13-35-4)32(16-20-7-10-23(36-5)11-8-20)17-22-15-21-9-6-19(3)14-24(21)28-27(22)34/h6-11,14-15,18,25H,12-13,16-17H2,1-5H3,(H,28,34)/t25-/m1/s1. The van der Waals surface area contributed by atoms with Gasteiger partial charge in [-0.2, -0.15) is 0 Å². The zero-order valence-corrected chi connectivity index (χ0v) is 21.6. The van der Waals surface area contributed by atoms with Gasteiger partial charge >= 0.3 is 0 Å². The van der Waals surface area contributed by atoms with Crippen LogP contribution in [0.25, 0.3) is 10.9 Å². The van der Waals surface area contributed by atoms with E-state index < -0.39 is 0 Å². The van der Waals surface area contributed by atoms with Crippen molar-refractivity contribution in [1.82, 2.24) is 30.1 Å². The van der Waals surface area contributed by atoms with Gasteiger partial charge in [-0.3, -0.25) is 9.69 Å². The highest BCUT2D eigenvalue weighted by molar-refractivity contribution is 5.79. The van der Waals surface area contributed by atoms with E-state index in [1.807, 2.05) is 49.4 Å². The first-order valence-electron chi connectivity index (χ1n) is 12.1. The fourth-order valence-corrected chi connectivity index (χ4v) is 4.56. The van der Waals surface area contributed by atoms with Crippen LogP contribution in [0.1, 0.15) is 42.4 Å². The Morgan fingerprint density at radius 3 is 2.53 bits per heavy atom. The lowest BCUT2D eigenvalue weighted by molar-refractivity contribution is 0.121. The lowest BCUT2D eigenvalue weighted by Crippen LogP contribution is -2.35. The van der Waals surface area contributed by atoms with E-state index in [-0.39, 0.29) is 17.5 Å². The van der Waals surface area contributed by atoms with Gasteiger partial charge in [0.25, 0.3) is 5.56 Å². The second-order valence-corrected chi connectivity index (χ2v) is 9.41. The molecule has 2 aromatic carbocycles. The molecule has 0 aliphatic carbocycles. The molecule has 190 valence electrons. The number of pyridine rings is 1. The summed E-state index contributed by atoms with van der Waals surface area (Å²) in [6.07, 6.45) is 0. The third-order valence-electron chi connectivity index (χ3n) is 6.35. The summed E-state index contributed by atoms with van der Waals surface area (Å²) in [4.78, 5) is 18.5. The Morgan fingerprint density at radius 2 is 1.83 bits per heavy atom. The van der Waals surface area contributed by atoms with Gasteiger partial charge in [-0.25, -0.2) is 4.68 Å². The monoisotopic (exact) mass is 490 g/mol. The number of fused-ring (bicyclic) bond motifs is 1. The second kappa shape index (κ2) is 11.5. The molecule has 9 heteroatoms. The van der Waals surface area contributed by atoms with E-state index in [0.29, 0.717) is 31.8 Å². The van der Waals surface area contributed by atoms with E-state index in [1.54, 1.807) is 18.9 Å². The molecule has 0 fully saturated rings. The van der Waals surface area contributed by atoms with E-state index in [9.17, 15) is 4.79 Å². The fraction of sp³-hybridized carbons (Fsp3) is 0.407. The van der Waals surface area contributed by atoms with Gasteiger partial charge in [-0.05, 0) is 64.0 Å². The van der Waals surface area contributed by atoms with E-state index in [1.165, 1.54) is 0 Å². The minimum absolute atomic E-state index is 0.0886. The Labute approximate surface area is 211 Å². The van der Waals surface area contributed by atoms with Crippen molar-refractivity contribution in [3.8, 4) is 5.75 Å². The van der Waals surface area contributed by atoms with Crippen molar-refractivity contribution in [3.63, 3.8) is 0 Å². The Morgan fingerprint density at radius 1 is 1.06 bits per heavy atom. The van der Waals surface area contributed by atoms with Crippen molar-refractivity contribution in [2.75, 3.05) is 20.8 Å². The van der Waals surface area contributed by atoms with Crippen LogP contribution in [0.5, 0.6) is 5.75 Å². The van der Waals surface area contributed by atoms with Gasteiger partial charge in [-0.15, -0.1) is 5.10 Å². The first-order valence-corrected chi connectivity index (χ1v) is 12.1. The van der Waals surface area contributed by atoms with Crippen LogP contribution in [0.3, 0.4) is 0 Å². The number of ether oxygens (including phenoxy) is 2. The van der Waals surface area contributed by atoms with Crippen LogP contribution < -0.4 is 10.3 Å². The normalized spacial score (nSPS) is 12.5. The SMILES string of the molecule is COCCn1nnnc1[C@@H](C(C)C)N(Cc1ccc(OC)cc1)Cc1cc2ccc(C)cc2[nH]c1=O. The number of nitrogens with one attached hydrogen (secondary N) is 1. The molecule has 0 aliphatic rings. The molecule has 0 spiro atoms. The maximum atomic E-state index is 13.1. The molecule has 2 heterocycles. The van der Waals surface area contributed by atoms with Gasteiger partial charge < -0.3 is 14.5 Å². The summed E-state index contributed by atoms with van der Waals surface area (Å²) in [5.41, 5.74) is 3.66. The second-order valence-electron chi connectivity index (χ2n) is 9.41. The molecule has 4 aromatic rings. The molecule has 0 amide bonds. The van der Waals surface area contributed by atoms with Gasteiger partial charge in [0, 0.05) is 31.3 Å². The number of rotatable bonds is 11. The van der Waals surface area contributed by atoms with Crippen molar-refractivity contribution >= 4 is 10.9 Å². The highest BCUT2D eigenvalue weighted by Crippen LogP contribution is 2.30. The molecule has 0 unspecified atom stereocenters. The summed E-state index contributed by atoms with van der Waals surface area (Å²) in [5.74, 6) is 1.73. The largest absolute Gasteiger partial charge is 0.497 e. The summed E-state index contributed by atoms with van der Waals surface area (Å²) in [7, 11) is 3.32. The zero-order chi connectivity index (χ0) is 25.7. The van der Waals surface area contributed by atoms with Crippen LogP contribution in [0, 0.1) is 12.8 Å². The Kier molecular flexibility index (Phi) is 8.12. The lowest BCUT2D eigenvalue weighted by Gasteiger charge is -2.33. The van der Waals surface area contributed by atoms with Crippen molar-refractivity contribution in [3.05, 3.63) is 81.4 Å². The molecule has 1 N–H and O–H groups in total. The third-order valence-corrected chi connectivity index (χ3v) is 6.35. The minimum atomic E-state index is -0.132. The molecule has 0 saturated carbocycles. The zero-order valence-electron chi connectivity index (χ0n) is 21.6. The van der Waals surface area contributed by atoms with Crippen LogP contribution >= 0.6 is 0 Å². The summed E-state index contributed by atoms with van der Waals surface area (Å²) >= 11 is 0. The fourth-order valence-electron chi connectivity index (χ4n) is 4.56. The molecule has 1 atom stereocenters. The molecule has 4 rings (SSSR count). The highest BCUT2D eigenvalue weighted by atomic mass is 16.5. The third kappa shape index (κ3) is 5.80. The van der Waals surface area contributed by atoms with Gasteiger partial charge in [-0.1, -0.05) is 38.1 Å². The average Bonchev–Trinajstić information content (AvgIpc) is 3.31. The van der Waals surface area contributed by atoms with Gasteiger partial charge in [0.05, 0.1) is 26.3 Å². The number of aromatic nitrogens is 5. The van der Waals surface area contributed by atoms with E-state index in [4.69, 9.17) is 9.47 Å². The molecular formula is C27H34N6O3. The lowest BCUT2D eigenvalue weighted by atomic mass is 9.99. The molecular weight excluding hydrogens is 456 g/mol. The predicted octanol–water partition coefficient (Wildman–Crippen LogP) is 3.88. The van der Waals surface area contributed by atoms with Crippen molar-refractivity contribution in [2.24, 2.45) is 5.92 Å². The summed E-state index contributed by atoms with van der Waals surface area (Å²) < 4.78 is 12.4. The number of benzene rings is 2. The predicted molar refractivity (Wildman–Crippen MR) is 139 cm³/mol. The maximum absolute atomic E-state index is 13.1. The Balaban J connectivity index is 1.75. The molecule has 0 bridgehead atoms. The average molecular weight is 491 g/mol. The van der Waals surface area contributed by atoms with Crippen LogP contribution in [0.15, 0.2) is 53.3 Å². The molecule has 0 aliphatic heterocycles. The van der Waals surface area contributed by atoms with Crippen LogP contribution in [0.4, 0.5) is 0 Å². The van der Waals surface area contributed by atoms with Crippen LogP contribution in [0.2, 0.25) is 0 Å². The first-order chi connectivity index (χ1) is 17.4. The number of hydrogen-bond donors (Lipinski definition) is 1. The topological polar surface area (TPSA) is 98.2 Å². The molecule has 2 aromatic heterocycles. The number of tetrazole rings is 1. The number of hydrogen-bond acceptors (Lipinski definition) is 7. The van der Waals surface area contributed by atoms with Gasteiger partial charge in [0.2, 0.25) is 0 Å². The number of aromatic amines is 1. The maximum Gasteiger partial charge on any atom is 0.252 e. The van der Waals surface area contributed by atoms with Crippen molar-refractivity contribution in [2.45, 2.75) is 46.4 Å². The number of nitrogens with zero attached hydrogens (tertiary/aromatic N) is 5. The molecule has 0 radical (unpaired) electrons. The number of methoxy groups -OCH3 is 2. The van der Waals surface area contributed by atoms with E-state index in [0.717, 1.165) is 33.6 Å². The Hall–Kier alpha value is -3.56. The first kappa shape index (κ1) is 25.5. The summed E-state index contributed by atoms with van der Waals surface area (Å²) in [6.45, 7) is 8.41. The minimum Gasteiger partial charge on any atom is -0.497 e.